The Morgan fingerprint density at radius 1 is 0.857 bits per heavy atom. The fourth-order valence-corrected chi connectivity index (χ4v) is 1.30. The molecule has 0 aliphatic heterocycles. The number of hydrogen-bond donors (Lipinski definition) is 0. The number of aryl methyl sites for hydroxylation is 2. The first-order valence-electron chi connectivity index (χ1n) is 5.68. The normalized spacial score (nSPS) is 8.86. The van der Waals surface area contributed by atoms with Gasteiger partial charge in [-0.25, -0.2) is 0 Å². The summed E-state index contributed by atoms with van der Waals surface area (Å²) in [7, 11) is 0. The van der Waals surface area contributed by atoms with Gasteiger partial charge in [-0.15, -0.1) is 0 Å². The van der Waals surface area contributed by atoms with Crippen LogP contribution in [-0.4, -0.2) is 21.9 Å². The van der Waals surface area contributed by atoms with Crippen molar-refractivity contribution < 1.29 is 39.3 Å². The van der Waals surface area contributed by atoms with E-state index in [-0.39, 0.29) is 30.9 Å². The van der Waals surface area contributed by atoms with Crippen LogP contribution in [-0.2, 0) is 19.5 Å². The summed E-state index contributed by atoms with van der Waals surface area (Å²) in [6, 6.07) is 6.39. The largest absolute Gasteiger partial charge is 2.00 e. The molecule has 0 aromatic carbocycles. The number of carboxylic acid groups (broad SMARTS) is 2. The smallest absolute Gasteiger partial charge is 0.543 e. The van der Waals surface area contributed by atoms with E-state index in [9.17, 15) is 19.8 Å². The number of carbonyl (C=O) groups is 2. The zero-order valence-corrected chi connectivity index (χ0v) is 14.7. The van der Waals surface area contributed by atoms with E-state index in [1.54, 1.807) is 26.0 Å². The van der Waals surface area contributed by atoms with E-state index in [1.807, 2.05) is 0 Å². The summed E-state index contributed by atoms with van der Waals surface area (Å²) in [5.74, 6) is -2.47. The van der Waals surface area contributed by atoms with Crippen LogP contribution < -0.4 is 10.2 Å². The standard InChI is InChI=1S/2C7H7NO2.Zn/c2*1-5-2-3-8-6(4-5)7(9)10;/h2*2-4H,1H3,(H,9,10);/q;;+2/p-2. The Hall–Kier alpha value is -2.14. The average Bonchev–Trinajstić information content (AvgIpc) is 2.39. The minimum atomic E-state index is -1.23. The molecule has 7 heteroatoms. The Labute approximate surface area is 134 Å². The summed E-state index contributed by atoms with van der Waals surface area (Å²) in [4.78, 5) is 27.5. The fraction of sp³-hybridized carbons (Fsp3) is 0.143. The predicted octanol–water partition coefficient (Wildman–Crippen LogP) is -0.495. The third-order valence-corrected chi connectivity index (χ3v) is 2.25. The second kappa shape index (κ2) is 8.92. The molecule has 0 atom stereocenters. The van der Waals surface area contributed by atoms with Crippen LogP contribution in [0.15, 0.2) is 36.7 Å². The second-order valence-electron chi connectivity index (χ2n) is 4.01. The van der Waals surface area contributed by atoms with Crippen LogP contribution in [0.4, 0.5) is 0 Å². The second-order valence-corrected chi connectivity index (χ2v) is 4.01. The number of aromatic nitrogens is 2. The molecule has 0 fully saturated rings. The molecular weight excluding hydrogens is 326 g/mol. The maximum absolute atomic E-state index is 10.2. The number of aromatic carboxylic acids is 2. The van der Waals surface area contributed by atoms with Gasteiger partial charge in [-0.2, -0.15) is 0 Å². The van der Waals surface area contributed by atoms with Crippen LogP contribution in [0.5, 0.6) is 0 Å². The van der Waals surface area contributed by atoms with E-state index in [0.717, 1.165) is 11.1 Å². The van der Waals surface area contributed by atoms with E-state index >= 15 is 0 Å². The number of carbonyl (C=O) groups excluding carboxylic acids is 2. The molecule has 0 saturated heterocycles. The molecule has 2 aromatic rings. The Bertz CT molecular complexity index is 576. The average molecular weight is 338 g/mol. The molecule has 104 valence electrons. The molecule has 6 nitrogen and oxygen atoms in total. The van der Waals surface area contributed by atoms with Crippen molar-refractivity contribution in [1.82, 2.24) is 9.97 Å². The van der Waals surface area contributed by atoms with Gasteiger partial charge < -0.3 is 19.8 Å². The predicted molar refractivity (Wildman–Crippen MR) is 66.6 cm³/mol. The molecule has 21 heavy (non-hydrogen) atoms. The maximum atomic E-state index is 10.2. The molecule has 0 aliphatic rings. The minimum absolute atomic E-state index is 0. The zero-order chi connectivity index (χ0) is 15.1. The first-order valence-corrected chi connectivity index (χ1v) is 5.68. The van der Waals surface area contributed by atoms with Crippen LogP contribution in [0, 0.1) is 13.8 Å². The van der Waals surface area contributed by atoms with Gasteiger partial charge in [-0.05, 0) is 49.2 Å². The summed E-state index contributed by atoms with van der Waals surface area (Å²) in [5.41, 5.74) is 1.71. The third kappa shape index (κ3) is 6.72. The minimum Gasteiger partial charge on any atom is -0.543 e. The molecule has 0 bridgehead atoms. The summed E-state index contributed by atoms with van der Waals surface area (Å²) < 4.78 is 0. The quantitative estimate of drug-likeness (QED) is 0.684. The summed E-state index contributed by atoms with van der Waals surface area (Å²) in [6.07, 6.45) is 2.89. The number of nitrogens with zero attached hydrogens (tertiary/aromatic N) is 2. The van der Waals surface area contributed by atoms with Crippen LogP contribution in [0.1, 0.15) is 32.1 Å². The summed E-state index contributed by atoms with van der Waals surface area (Å²) >= 11 is 0. The molecule has 0 amide bonds. The van der Waals surface area contributed by atoms with Crippen molar-refractivity contribution in [3.05, 3.63) is 59.2 Å². The Balaban J connectivity index is 0.000000364. The van der Waals surface area contributed by atoms with Crippen LogP contribution in [0.3, 0.4) is 0 Å². The van der Waals surface area contributed by atoms with E-state index in [0.29, 0.717) is 0 Å². The summed E-state index contributed by atoms with van der Waals surface area (Å²) in [6.45, 7) is 3.60. The van der Waals surface area contributed by atoms with Crippen molar-refractivity contribution in [1.29, 1.82) is 0 Å². The van der Waals surface area contributed by atoms with Gasteiger partial charge in [0.1, 0.15) is 0 Å². The molecule has 0 saturated carbocycles. The van der Waals surface area contributed by atoms with Gasteiger partial charge in [-0.3, -0.25) is 9.97 Å². The summed E-state index contributed by atoms with van der Waals surface area (Å²) in [5, 5.41) is 20.4. The molecule has 2 rings (SSSR count). The molecule has 0 N–H and O–H groups in total. The molecule has 0 aliphatic carbocycles. The van der Waals surface area contributed by atoms with Crippen molar-refractivity contribution in [3.63, 3.8) is 0 Å². The molecule has 2 heterocycles. The zero-order valence-electron chi connectivity index (χ0n) is 11.7. The van der Waals surface area contributed by atoms with Gasteiger partial charge in [0.25, 0.3) is 0 Å². The van der Waals surface area contributed by atoms with E-state index in [4.69, 9.17) is 0 Å². The van der Waals surface area contributed by atoms with Crippen molar-refractivity contribution in [3.8, 4) is 0 Å². The number of hydrogen-bond acceptors (Lipinski definition) is 6. The van der Waals surface area contributed by atoms with Crippen molar-refractivity contribution >= 4 is 11.9 Å². The Morgan fingerprint density at radius 2 is 1.19 bits per heavy atom. The van der Waals surface area contributed by atoms with E-state index in [1.165, 1.54) is 24.5 Å². The molecular formula is C14H12N2O4Zn. The number of pyridine rings is 2. The van der Waals surface area contributed by atoms with Gasteiger partial charge in [0, 0.05) is 12.4 Å². The van der Waals surface area contributed by atoms with Gasteiger partial charge >= 0.3 is 19.5 Å². The monoisotopic (exact) mass is 336 g/mol. The first-order chi connectivity index (χ1) is 9.40. The molecule has 2 aromatic heterocycles. The molecule has 0 spiro atoms. The Morgan fingerprint density at radius 3 is 1.38 bits per heavy atom. The maximum Gasteiger partial charge on any atom is 2.00 e. The first kappa shape index (κ1) is 18.9. The van der Waals surface area contributed by atoms with Gasteiger partial charge in [-0.1, -0.05) is 0 Å². The van der Waals surface area contributed by atoms with Gasteiger partial charge in [0.05, 0.1) is 23.3 Å². The third-order valence-electron chi connectivity index (χ3n) is 2.25. The Kier molecular flexibility index (Phi) is 8.01. The fourth-order valence-electron chi connectivity index (χ4n) is 1.30. The van der Waals surface area contributed by atoms with Gasteiger partial charge in [0.2, 0.25) is 0 Å². The van der Waals surface area contributed by atoms with Crippen molar-refractivity contribution in [2.24, 2.45) is 0 Å². The van der Waals surface area contributed by atoms with Crippen LogP contribution in [0.2, 0.25) is 0 Å². The SMILES string of the molecule is Cc1ccnc(C(=O)[O-])c1.Cc1ccnc(C(=O)[O-])c1.[Zn+2]. The van der Waals surface area contributed by atoms with Crippen molar-refractivity contribution in [2.75, 3.05) is 0 Å². The molecule has 0 unspecified atom stereocenters. The topological polar surface area (TPSA) is 106 Å². The van der Waals surface area contributed by atoms with E-state index in [2.05, 4.69) is 9.97 Å². The number of rotatable bonds is 2. The number of carboxylic acids is 2. The van der Waals surface area contributed by atoms with Crippen LogP contribution in [0.25, 0.3) is 0 Å². The van der Waals surface area contributed by atoms with E-state index < -0.39 is 11.9 Å². The van der Waals surface area contributed by atoms with Gasteiger partial charge in [0.15, 0.2) is 0 Å². The van der Waals surface area contributed by atoms with Crippen molar-refractivity contribution in [2.45, 2.75) is 13.8 Å². The van der Waals surface area contributed by atoms with Crippen LogP contribution >= 0.6 is 0 Å². The molecule has 0 radical (unpaired) electrons.